The molecule has 0 spiro atoms. The molecule has 8 nitrogen and oxygen atoms in total. The van der Waals surface area contributed by atoms with Crippen molar-refractivity contribution in [3.63, 3.8) is 0 Å². The van der Waals surface area contributed by atoms with Crippen molar-refractivity contribution in [1.29, 1.82) is 0 Å². The van der Waals surface area contributed by atoms with Gasteiger partial charge in [-0.25, -0.2) is 0 Å². The zero-order valence-electron chi connectivity index (χ0n) is 19.2. The highest BCUT2D eigenvalue weighted by molar-refractivity contribution is 6.10. The molecule has 180 valence electrons. The lowest BCUT2D eigenvalue weighted by Crippen LogP contribution is -2.43. The molecule has 0 saturated heterocycles. The van der Waals surface area contributed by atoms with Gasteiger partial charge in [0.2, 0.25) is 0 Å². The third-order valence-electron chi connectivity index (χ3n) is 6.16. The van der Waals surface area contributed by atoms with Gasteiger partial charge >= 0.3 is 0 Å². The Morgan fingerprint density at radius 3 is 2.51 bits per heavy atom. The van der Waals surface area contributed by atoms with E-state index in [0.717, 1.165) is 0 Å². The molecule has 5 rings (SSSR count). The highest BCUT2D eigenvalue weighted by Gasteiger charge is 2.50. The Morgan fingerprint density at radius 1 is 1.00 bits per heavy atom. The average molecular weight is 475 g/mol. The van der Waals surface area contributed by atoms with Crippen LogP contribution in [0, 0.1) is 0 Å². The minimum Gasteiger partial charge on any atom is -0.493 e. The number of ketones is 1. The van der Waals surface area contributed by atoms with E-state index >= 15 is 0 Å². The number of carbonyl (C=O) groups is 2. The first kappa shape index (κ1) is 22.7. The highest BCUT2D eigenvalue weighted by atomic mass is 16.6. The fraction of sp³-hybridized carbons (Fsp3) is 0.259. The van der Waals surface area contributed by atoms with Crippen molar-refractivity contribution < 1.29 is 33.6 Å². The second-order valence-corrected chi connectivity index (χ2v) is 8.29. The average Bonchev–Trinajstić information content (AvgIpc) is 3.10. The molecule has 0 saturated carbocycles. The molecule has 0 radical (unpaired) electrons. The summed E-state index contributed by atoms with van der Waals surface area (Å²) in [7, 11) is 1.56. The number of rotatable bonds is 8. The van der Waals surface area contributed by atoms with Gasteiger partial charge in [-0.3, -0.25) is 9.59 Å². The van der Waals surface area contributed by atoms with Gasteiger partial charge in [-0.15, -0.1) is 0 Å². The van der Waals surface area contributed by atoms with Crippen molar-refractivity contribution in [2.24, 2.45) is 0 Å². The molecule has 35 heavy (non-hydrogen) atoms. The Balaban J connectivity index is 1.35. The molecular formula is C27H25NO7. The second-order valence-electron chi connectivity index (χ2n) is 8.29. The van der Waals surface area contributed by atoms with E-state index in [9.17, 15) is 14.7 Å². The lowest BCUT2D eigenvalue weighted by molar-refractivity contribution is -0.135. The summed E-state index contributed by atoms with van der Waals surface area (Å²) in [6.07, 6.45) is -0.396. The molecule has 1 atom stereocenters. The van der Waals surface area contributed by atoms with E-state index in [1.807, 2.05) is 12.1 Å². The molecule has 8 heteroatoms. The lowest BCUT2D eigenvalue weighted by Gasteiger charge is -2.23. The van der Waals surface area contributed by atoms with Gasteiger partial charge in [0.15, 0.2) is 34.4 Å². The number of Topliss-reactive ketones (excluding diaryl/α,β-unsaturated/α-hetero) is 1. The first-order chi connectivity index (χ1) is 17.0. The van der Waals surface area contributed by atoms with Crippen LogP contribution < -0.4 is 23.8 Å². The third-order valence-corrected chi connectivity index (χ3v) is 6.16. The van der Waals surface area contributed by atoms with Crippen molar-refractivity contribution in [2.45, 2.75) is 12.0 Å². The fourth-order valence-corrected chi connectivity index (χ4v) is 4.44. The maximum Gasteiger partial charge on any atom is 0.264 e. The van der Waals surface area contributed by atoms with Crippen LogP contribution >= 0.6 is 0 Å². The standard InChI is InChI=1S/C27H25NO7/c1-32-22-8-4-5-9-23(22)33-13-12-28-20-7-3-2-6-19(20)27(31,26(28)30)17-21(29)18-10-11-24-25(16-18)35-15-14-34-24/h2-11,16,31H,12-15,17H2,1H3/t27-/m1/s1. The zero-order valence-corrected chi connectivity index (χ0v) is 19.2. The van der Waals surface area contributed by atoms with Crippen LogP contribution in [0.4, 0.5) is 5.69 Å². The number of methoxy groups -OCH3 is 1. The Kier molecular flexibility index (Phi) is 6.05. The van der Waals surface area contributed by atoms with Gasteiger partial charge in [-0.05, 0) is 36.4 Å². The summed E-state index contributed by atoms with van der Waals surface area (Å²) < 4.78 is 22.2. The van der Waals surface area contributed by atoms with Crippen LogP contribution in [0.1, 0.15) is 22.3 Å². The van der Waals surface area contributed by atoms with E-state index in [1.165, 1.54) is 4.90 Å². The van der Waals surface area contributed by atoms with E-state index in [4.69, 9.17) is 18.9 Å². The molecule has 2 aliphatic rings. The van der Waals surface area contributed by atoms with E-state index in [1.54, 1.807) is 61.7 Å². The largest absolute Gasteiger partial charge is 0.493 e. The first-order valence-electron chi connectivity index (χ1n) is 11.3. The summed E-state index contributed by atoms with van der Waals surface area (Å²) in [5, 5.41) is 11.5. The topological polar surface area (TPSA) is 94.5 Å². The molecule has 0 fully saturated rings. The predicted molar refractivity (Wildman–Crippen MR) is 128 cm³/mol. The quantitative estimate of drug-likeness (QED) is 0.499. The molecule has 2 aliphatic heterocycles. The summed E-state index contributed by atoms with van der Waals surface area (Å²) >= 11 is 0. The molecule has 1 amide bonds. The number of aliphatic hydroxyl groups is 1. The number of para-hydroxylation sites is 3. The minimum absolute atomic E-state index is 0.173. The van der Waals surface area contributed by atoms with Crippen molar-refractivity contribution in [1.82, 2.24) is 0 Å². The smallest absolute Gasteiger partial charge is 0.264 e. The van der Waals surface area contributed by atoms with Gasteiger partial charge < -0.3 is 29.0 Å². The molecule has 0 aliphatic carbocycles. The van der Waals surface area contributed by atoms with Crippen molar-refractivity contribution in [2.75, 3.05) is 38.4 Å². The summed E-state index contributed by atoms with van der Waals surface area (Å²) in [6.45, 7) is 1.20. The van der Waals surface area contributed by atoms with Gasteiger partial charge in [-0.2, -0.15) is 0 Å². The molecule has 0 bridgehead atoms. The van der Waals surface area contributed by atoms with Crippen molar-refractivity contribution >= 4 is 17.4 Å². The van der Waals surface area contributed by atoms with E-state index in [2.05, 4.69) is 0 Å². The van der Waals surface area contributed by atoms with E-state index in [0.29, 0.717) is 53.0 Å². The zero-order chi connectivity index (χ0) is 24.4. The minimum atomic E-state index is -1.98. The van der Waals surface area contributed by atoms with Crippen molar-refractivity contribution in [3.8, 4) is 23.0 Å². The number of carbonyl (C=O) groups excluding carboxylic acids is 2. The maximum atomic E-state index is 13.4. The number of amides is 1. The Labute approximate surface area is 202 Å². The number of anilines is 1. The van der Waals surface area contributed by atoms with Crippen LogP contribution in [0.5, 0.6) is 23.0 Å². The van der Waals surface area contributed by atoms with Crippen LogP contribution in [0.15, 0.2) is 66.7 Å². The third kappa shape index (κ3) is 4.17. The molecule has 2 heterocycles. The molecule has 3 aromatic rings. The number of nitrogens with zero attached hydrogens (tertiary/aromatic N) is 1. The number of ether oxygens (including phenoxy) is 4. The number of benzene rings is 3. The number of fused-ring (bicyclic) bond motifs is 2. The molecule has 3 aromatic carbocycles. The number of hydrogen-bond donors (Lipinski definition) is 1. The van der Waals surface area contributed by atoms with Gasteiger partial charge in [0.25, 0.3) is 5.91 Å². The molecular weight excluding hydrogens is 450 g/mol. The SMILES string of the molecule is COc1ccccc1OCCN1C(=O)[C@@](O)(CC(=O)c2ccc3c(c2)OCCO3)c2ccccc21. The Hall–Kier alpha value is -4.04. The second kappa shape index (κ2) is 9.31. The highest BCUT2D eigenvalue weighted by Crippen LogP contribution is 2.43. The molecule has 1 N–H and O–H groups in total. The summed E-state index contributed by atoms with van der Waals surface area (Å²) in [4.78, 5) is 28.1. The van der Waals surface area contributed by atoms with E-state index in [-0.39, 0.29) is 18.9 Å². The van der Waals surface area contributed by atoms with E-state index < -0.39 is 17.9 Å². The monoisotopic (exact) mass is 475 g/mol. The Morgan fingerprint density at radius 2 is 1.71 bits per heavy atom. The number of hydrogen-bond acceptors (Lipinski definition) is 7. The fourth-order valence-electron chi connectivity index (χ4n) is 4.44. The van der Waals surface area contributed by atoms with Crippen LogP contribution in [0.3, 0.4) is 0 Å². The summed E-state index contributed by atoms with van der Waals surface area (Å²) in [5.41, 5.74) is -0.691. The van der Waals surface area contributed by atoms with Crippen LogP contribution in [-0.2, 0) is 10.4 Å². The predicted octanol–water partition coefficient (Wildman–Crippen LogP) is 3.35. The lowest BCUT2D eigenvalue weighted by atomic mass is 9.88. The van der Waals surface area contributed by atoms with Crippen LogP contribution in [-0.4, -0.2) is 50.3 Å². The van der Waals surface area contributed by atoms with Crippen LogP contribution in [0.2, 0.25) is 0 Å². The van der Waals surface area contributed by atoms with Gasteiger partial charge in [0.1, 0.15) is 19.8 Å². The van der Waals surface area contributed by atoms with Gasteiger partial charge in [0.05, 0.1) is 25.8 Å². The molecule has 0 aromatic heterocycles. The summed E-state index contributed by atoms with van der Waals surface area (Å²) in [6, 6.07) is 19.0. The van der Waals surface area contributed by atoms with Crippen molar-refractivity contribution in [3.05, 3.63) is 77.9 Å². The first-order valence-corrected chi connectivity index (χ1v) is 11.3. The van der Waals surface area contributed by atoms with Gasteiger partial charge in [-0.1, -0.05) is 30.3 Å². The van der Waals surface area contributed by atoms with Gasteiger partial charge in [0, 0.05) is 11.1 Å². The Bertz CT molecular complexity index is 1270. The molecule has 0 unspecified atom stereocenters. The maximum absolute atomic E-state index is 13.4. The normalized spacial score (nSPS) is 18.2. The summed E-state index contributed by atoms with van der Waals surface area (Å²) in [5.74, 6) is 1.24. The van der Waals surface area contributed by atoms with Crippen LogP contribution in [0.25, 0.3) is 0 Å².